The van der Waals surface area contributed by atoms with E-state index in [2.05, 4.69) is 11.9 Å². The highest BCUT2D eigenvalue weighted by molar-refractivity contribution is 5.80. The van der Waals surface area contributed by atoms with Crippen LogP contribution >= 0.6 is 0 Å². The zero-order chi connectivity index (χ0) is 22.7. The van der Waals surface area contributed by atoms with Crippen molar-refractivity contribution < 1.29 is 4.79 Å². The van der Waals surface area contributed by atoms with E-state index in [9.17, 15) is 14.4 Å². The Labute approximate surface area is 185 Å². The standard InChI is InChI=1S/C23H30N6O3/c1-2-3-13-28-18(15-27-12-8-7-11-17(27)20(24)30)25-21-19(28)22(31)26-23(32)29(21)14-16-9-5-4-6-10-16/h4-6,9-10,17H,2-3,7-8,11-15H2,1H3,(H2,24,30)(H,26,31,32)/t17-/m1/s1. The molecule has 3 aromatic rings. The number of aryl methyl sites for hydroxylation is 1. The maximum atomic E-state index is 12.8. The molecule has 1 aliphatic rings. The molecule has 0 bridgehead atoms. The average molecular weight is 439 g/mol. The highest BCUT2D eigenvalue weighted by Crippen LogP contribution is 2.21. The summed E-state index contributed by atoms with van der Waals surface area (Å²) in [7, 11) is 0. The van der Waals surface area contributed by atoms with Gasteiger partial charge in [0.1, 0.15) is 5.82 Å². The Balaban J connectivity index is 1.82. The van der Waals surface area contributed by atoms with Crippen molar-refractivity contribution in [1.82, 2.24) is 24.0 Å². The number of rotatable bonds is 8. The van der Waals surface area contributed by atoms with E-state index in [1.807, 2.05) is 39.8 Å². The van der Waals surface area contributed by atoms with Crippen LogP contribution in [0.25, 0.3) is 11.2 Å². The Hall–Kier alpha value is -3.20. The first-order chi connectivity index (χ1) is 15.5. The summed E-state index contributed by atoms with van der Waals surface area (Å²) >= 11 is 0. The van der Waals surface area contributed by atoms with Gasteiger partial charge in [-0.1, -0.05) is 50.1 Å². The lowest BCUT2D eigenvalue weighted by Crippen LogP contribution is -2.47. The number of hydrogen-bond acceptors (Lipinski definition) is 5. The van der Waals surface area contributed by atoms with Gasteiger partial charge >= 0.3 is 5.69 Å². The van der Waals surface area contributed by atoms with Crippen molar-refractivity contribution in [3.8, 4) is 0 Å². The molecule has 1 amide bonds. The van der Waals surface area contributed by atoms with Gasteiger partial charge < -0.3 is 10.3 Å². The van der Waals surface area contributed by atoms with E-state index in [1.165, 1.54) is 4.57 Å². The summed E-state index contributed by atoms with van der Waals surface area (Å²) in [6.45, 7) is 4.17. The van der Waals surface area contributed by atoms with E-state index in [0.29, 0.717) is 36.6 Å². The number of primary amides is 1. The van der Waals surface area contributed by atoms with Crippen molar-refractivity contribution in [2.24, 2.45) is 5.73 Å². The van der Waals surface area contributed by atoms with Gasteiger partial charge in [-0.2, -0.15) is 0 Å². The van der Waals surface area contributed by atoms with E-state index in [4.69, 9.17) is 10.7 Å². The monoisotopic (exact) mass is 438 g/mol. The maximum Gasteiger partial charge on any atom is 0.330 e. The van der Waals surface area contributed by atoms with Crippen molar-refractivity contribution in [3.05, 3.63) is 62.6 Å². The second-order valence-electron chi connectivity index (χ2n) is 8.42. The number of carbonyl (C=O) groups excluding carboxylic acids is 1. The Bertz CT molecular complexity index is 1210. The van der Waals surface area contributed by atoms with Crippen LogP contribution in [0.4, 0.5) is 0 Å². The molecule has 9 nitrogen and oxygen atoms in total. The molecule has 170 valence electrons. The smallest absolute Gasteiger partial charge is 0.330 e. The number of H-pyrrole nitrogens is 1. The van der Waals surface area contributed by atoms with Crippen LogP contribution in [0.5, 0.6) is 0 Å². The van der Waals surface area contributed by atoms with Crippen molar-refractivity contribution in [1.29, 1.82) is 0 Å². The van der Waals surface area contributed by atoms with E-state index in [-0.39, 0.29) is 11.9 Å². The lowest BCUT2D eigenvalue weighted by Gasteiger charge is -2.33. The predicted octanol–water partition coefficient (Wildman–Crippen LogP) is 1.57. The van der Waals surface area contributed by atoms with Gasteiger partial charge in [0.15, 0.2) is 11.2 Å². The molecule has 1 aromatic carbocycles. The van der Waals surface area contributed by atoms with Crippen molar-refractivity contribution in [2.75, 3.05) is 6.54 Å². The maximum absolute atomic E-state index is 12.8. The molecule has 3 heterocycles. The van der Waals surface area contributed by atoms with E-state index in [0.717, 1.165) is 44.2 Å². The molecule has 0 spiro atoms. The molecule has 1 aliphatic heterocycles. The van der Waals surface area contributed by atoms with Gasteiger partial charge in [0.25, 0.3) is 5.56 Å². The number of unbranched alkanes of at least 4 members (excludes halogenated alkanes) is 1. The number of imidazole rings is 1. The second-order valence-corrected chi connectivity index (χ2v) is 8.42. The van der Waals surface area contributed by atoms with Crippen LogP contribution in [0.15, 0.2) is 39.9 Å². The number of nitrogens with two attached hydrogens (primary N) is 1. The van der Waals surface area contributed by atoms with Crippen molar-refractivity contribution >= 4 is 17.1 Å². The molecule has 0 saturated carbocycles. The summed E-state index contributed by atoms with van der Waals surface area (Å²) in [6.07, 6.45) is 4.50. The van der Waals surface area contributed by atoms with Crippen molar-refractivity contribution in [2.45, 2.75) is 64.7 Å². The number of nitrogens with zero attached hydrogens (tertiary/aromatic N) is 4. The molecule has 0 aliphatic carbocycles. The zero-order valence-electron chi connectivity index (χ0n) is 18.4. The Kier molecular flexibility index (Phi) is 6.55. The first-order valence-corrected chi connectivity index (χ1v) is 11.3. The predicted molar refractivity (Wildman–Crippen MR) is 122 cm³/mol. The number of aromatic nitrogens is 4. The Morgan fingerprint density at radius 1 is 1.16 bits per heavy atom. The van der Waals surface area contributed by atoms with Crippen LogP contribution in [-0.4, -0.2) is 42.5 Å². The summed E-state index contributed by atoms with van der Waals surface area (Å²) in [4.78, 5) is 46.8. The molecule has 0 unspecified atom stereocenters. The van der Waals surface area contributed by atoms with E-state index in [1.54, 1.807) is 0 Å². The fraction of sp³-hybridized carbons (Fsp3) is 0.478. The van der Waals surface area contributed by atoms with Gasteiger partial charge in [0.2, 0.25) is 5.91 Å². The number of likely N-dealkylation sites (tertiary alicyclic amines) is 1. The van der Waals surface area contributed by atoms with Crippen LogP contribution in [-0.2, 0) is 24.4 Å². The first kappa shape index (κ1) is 22.0. The van der Waals surface area contributed by atoms with E-state index < -0.39 is 11.2 Å². The fourth-order valence-electron chi connectivity index (χ4n) is 4.49. The SMILES string of the molecule is CCCCn1c(CN2CCCC[C@@H]2C(N)=O)nc2c1c(=O)[nH]c(=O)n2Cc1ccccc1. The summed E-state index contributed by atoms with van der Waals surface area (Å²) in [5, 5.41) is 0. The van der Waals surface area contributed by atoms with Gasteiger partial charge in [-0.05, 0) is 31.4 Å². The number of carbonyl (C=O) groups is 1. The topological polar surface area (TPSA) is 119 Å². The molecule has 9 heteroatoms. The molecule has 1 saturated heterocycles. The van der Waals surface area contributed by atoms with Gasteiger partial charge in [0, 0.05) is 6.54 Å². The minimum Gasteiger partial charge on any atom is -0.368 e. The normalized spacial score (nSPS) is 17.1. The highest BCUT2D eigenvalue weighted by Gasteiger charge is 2.29. The number of aromatic amines is 1. The number of nitrogens with one attached hydrogen (secondary N) is 1. The second kappa shape index (κ2) is 9.52. The van der Waals surface area contributed by atoms with Gasteiger partial charge in [-0.15, -0.1) is 0 Å². The third kappa shape index (κ3) is 4.38. The quantitative estimate of drug-likeness (QED) is 0.553. The Morgan fingerprint density at radius 2 is 1.94 bits per heavy atom. The lowest BCUT2D eigenvalue weighted by molar-refractivity contribution is -0.124. The van der Waals surface area contributed by atoms with Crippen LogP contribution < -0.4 is 17.0 Å². The minimum absolute atomic E-state index is 0.310. The fourth-order valence-corrected chi connectivity index (χ4v) is 4.49. The van der Waals surface area contributed by atoms with Crippen LogP contribution in [0, 0.1) is 0 Å². The number of piperidine rings is 1. The average Bonchev–Trinajstić information content (AvgIpc) is 3.14. The minimum atomic E-state index is -0.481. The Morgan fingerprint density at radius 3 is 2.66 bits per heavy atom. The highest BCUT2D eigenvalue weighted by atomic mass is 16.2. The molecule has 3 N–H and O–H groups in total. The molecule has 0 radical (unpaired) electrons. The summed E-state index contributed by atoms with van der Waals surface area (Å²) < 4.78 is 3.42. The molecule has 4 rings (SSSR count). The molecular weight excluding hydrogens is 408 g/mol. The number of fused-ring (bicyclic) bond motifs is 1. The van der Waals surface area contributed by atoms with Crippen LogP contribution in [0.3, 0.4) is 0 Å². The van der Waals surface area contributed by atoms with Crippen LogP contribution in [0.1, 0.15) is 50.4 Å². The number of benzene rings is 1. The zero-order valence-corrected chi connectivity index (χ0v) is 18.4. The number of hydrogen-bond donors (Lipinski definition) is 2. The number of amides is 1. The molecule has 1 atom stereocenters. The van der Waals surface area contributed by atoms with Gasteiger partial charge in [0.05, 0.1) is 19.1 Å². The third-order valence-corrected chi connectivity index (χ3v) is 6.17. The summed E-state index contributed by atoms with van der Waals surface area (Å²) in [6, 6.07) is 9.27. The van der Waals surface area contributed by atoms with E-state index >= 15 is 0 Å². The lowest BCUT2D eigenvalue weighted by atomic mass is 10.0. The largest absolute Gasteiger partial charge is 0.368 e. The molecular formula is C23H30N6O3. The molecule has 1 fully saturated rings. The first-order valence-electron chi connectivity index (χ1n) is 11.3. The molecule has 2 aromatic heterocycles. The van der Waals surface area contributed by atoms with Gasteiger partial charge in [-0.25, -0.2) is 9.78 Å². The summed E-state index contributed by atoms with van der Waals surface area (Å²) in [5.41, 5.74) is 6.45. The van der Waals surface area contributed by atoms with Crippen LogP contribution in [0.2, 0.25) is 0 Å². The van der Waals surface area contributed by atoms with Gasteiger partial charge in [-0.3, -0.25) is 24.0 Å². The van der Waals surface area contributed by atoms with Crippen molar-refractivity contribution in [3.63, 3.8) is 0 Å². The molecule has 32 heavy (non-hydrogen) atoms. The summed E-state index contributed by atoms with van der Waals surface area (Å²) in [5.74, 6) is 0.347. The third-order valence-electron chi connectivity index (χ3n) is 6.17.